The molecule has 196 valence electrons. The van der Waals surface area contributed by atoms with E-state index in [0.717, 1.165) is 21.3 Å². The summed E-state index contributed by atoms with van der Waals surface area (Å²) in [5, 5.41) is 22.8. The van der Waals surface area contributed by atoms with E-state index >= 15 is 0 Å². The fraction of sp³-hybridized carbons (Fsp3) is 0.185. The van der Waals surface area contributed by atoms with Crippen molar-refractivity contribution < 1.29 is 19.4 Å². The molecule has 0 bridgehead atoms. The molecule has 0 aliphatic rings. The van der Waals surface area contributed by atoms with Crippen LogP contribution < -0.4 is 5.32 Å². The maximum absolute atomic E-state index is 12.8. The molecule has 38 heavy (non-hydrogen) atoms. The topological polar surface area (TPSA) is 106 Å². The van der Waals surface area contributed by atoms with Gasteiger partial charge in [0.25, 0.3) is 0 Å². The number of nitrogens with zero attached hydrogens (tertiary/aromatic N) is 3. The number of esters is 1. The second kappa shape index (κ2) is 12.0. The van der Waals surface area contributed by atoms with Crippen molar-refractivity contribution in [2.75, 3.05) is 17.7 Å². The smallest absolute Gasteiger partial charge is 0.339 e. The lowest BCUT2D eigenvalue weighted by molar-refractivity contribution is -0.113. The first kappa shape index (κ1) is 27.7. The van der Waals surface area contributed by atoms with Gasteiger partial charge in [-0.05, 0) is 68.8 Å². The number of amides is 1. The first-order chi connectivity index (χ1) is 18.2. The Labute approximate surface area is 237 Å². The van der Waals surface area contributed by atoms with Crippen molar-refractivity contribution in [2.45, 2.75) is 25.9 Å². The second-order valence-electron chi connectivity index (χ2n) is 8.34. The molecule has 3 aromatic carbocycles. The standard InChI is InChI=1S/C27H24BrClN4O4S/c1-4-37-26(36)19-13-18(7-8-21(19)29)30-24(35)14-38-27-32-31-25(20-12-17(28)6-10-23(20)34)33(27)22-9-5-15(2)11-16(22)3/h5-13,34H,4,14H2,1-3H3,(H,30,35). The fourth-order valence-corrected chi connectivity index (χ4v) is 5.09. The third kappa shape index (κ3) is 6.20. The van der Waals surface area contributed by atoms with Gasteiger partial charge in [-0.25, -0.2) is 4.79 Å². The summed E-state index contributed by atoms with van der Waals surface area (Å²) in [6.45, 7) is 5.90. The Morgan fingerprint density at radius 2 is 1.89 bits per heavy atom. The van der Waals surface area contributed by atoms with Crippen LogP contribution in [0.25, 0.3) is 17.1 Å². The van der Waals surface area contributed by atoms with Crippen LogP contribution in [0.15, 0.2) is 64.2 Å². The van der Waals surface area contributed by atoms with Gasteiger partial charge in [0.15, 0.2) is 11.0 Å². The number of aromatic hydroxyl groups is 1. The Hall–Kier alpha value is -3.34. The molecular formula is C27H24BrClN4O4S. The average molecular weight is 616 g/mol. The molecule has 0 saturated heterocycles. The minimum atomic E-state index is -0.562. The van der Waals surface area contributed by atoms with Gasteiger partial charge >= 0.3 is 5.97 Å². The zero-order valence-electron chi connectivity index (χ0n) is 20.8. The number of ether oxygens (including phenoxy) is 1. The van der Waals surface area contributed by atoms with Crippen molar-refractivity contribution in [1.29, 1.82) is 0 Å². The van der Waals surface area contributed by atoms with E-state index < -0.39 is 5.97 Å². The Morgan fingerprint density at radius 3 is 2.63 bits per heavy atom. The molecule has 0 radical (unpaired) electrons. The van der Waals surface area contributed by atoms with Crippen molar-refractivity contribution in [1.82, 2.24) is 14.8 Å². The van der Waals surface area contributed by atoms with Crippen LogP contribution in [0, 0.1) is 13.8 Å². The predicted molar refractivity (Wildman–Crippen MR) is 152 cm³/mol. The number of benzene rings is 3. The lowest BCUT2D eigenvalue weighted by Gasteiger charge is -2.14. The zero-order valence-corrected chi connectivity index (χ0v) is 23.9. The van der Waals surface area contributed by atoms with Crippen LogP contribution in [0.5, 0.6) is 5.75 Å². The number of hydrogen-bond acceptors (Lipinski definition) is 7. The molecule has 1 amide bonds. The molecule has 1 aromatic heterocycles. The fourth-order valence-electron chi connectivity index (χ4n) is 3.79. The van der Waals surface area contributed by atoms with Crippen molar-refractivity contribution in [3.8, 4) is 22.8 Å². The highest BCUT2D eigenvalue weighted by atomic mass is 79.9. The van der Waals surface area contributed by atoms with E-state index in [1.807, 2.05) is 36.6 Å². The molecule has 4 aromatic rings. The van der Waals surface area contributed by atoms with Gasteiger partial charge in [-0.1, -0.05) is 57.0 Å². The van der Waals surface area contributed by atoms with Crippen LogP contribution in [0.3, 0.4) is 0 Å². The third-order valence-electron chi connectivity index (χ3n) is 5.50. The second-order valence-corrected chi connectivity index (χ2v) is 10.6. The van der Waals surface area contributed by atoms with E-state index in [-0.39, 0.29) is 34.6 Å². The number of anilines is 1. The minimum absolute atomic E-state index is 0.0187. The largest absolute Gasteiger partial charge is 0.507 e. The van der Waals surface area contributed by atoms with E-state index in [0.29, 0.717) is 22.2 Å². The molecule has 0 aliphatic carbocycles. The predicted octanol–water partition coefficient (Wildman–Crippen LogP) is 6.58. The van der Waals surface area contributed by atoms with Gasteiger partial charge in [-0.15, -0.1) is 10.2 Å². The third-order valence-corrected chi connectivity index (χ3v) is 7.26. The van der Waals surface area contributed by atoms with Gasteiger partial charge in [0.1, 0.15) is 5.75 Å². The molecule has 1 heterocycles. The molecular weight excluding hydrogens is 592 g/mol. The molecule has 8 nitrogen and oxygen atoms in total. The van der Waals surface area contributed by atoms with E-state index in [1.54, 1.807) is 31.2 Å². The highest BCUT2D eigenvalue weighted by molar-refractivity contribution is 9.10. The van der Waals surface area contributed by atoms with Crippen molar-refractivity contribution in [3.05, 3.63) is 80.8 Å². The maximum Gasteiger partial charge on any atom is 0.339 e. The molecule has 0 unspecified atom stereocenters. The Bertz CT molecular complexity index is 1530. The number of thioether (sulfide) groups is 1. The summed E-state index contributed by atoms with van der Waals surface area (Å²) in [4.78, 5) is 25.0. The number of hydrogen-bond donors (Lipinski definition) is 2. The lowest BCUT2D eigenvalue weighted by Crippen LogP contribution is -2.15. The number of rotatable bonds is 8. The number of phenolic OH excluding ortho intramolecular Hbond substituents is 1. The lowest BCUT2D eigenvalue weighted by atomic mass is 10.1. The van der Waals surface area contributed by atoms with Gasteiger partial charge in [-0.2, -0.15) is 0 Å². The molecule has 4 rings (SSSR count). The first-order valence-electron chi connectivity index (χ1n) is 11.6. The van der Waals surface area contributed by atoms with Crippen LogP contribution in [-0.2, 0) is 9.53 Å². The van der Waals surface area contributed by atoms with Gasteiger partial charge in [-0.3, -0.25) is 9.36 Å². The number of phenols is 1. The Kier molecular flexibility index (Phi) is 8.76. The minimum Gasteiger partial charge on any atom is -0.507 e. The van der Waals surface area contributed by atoms with Crippen LogP contribution in [0.1, 0.15) is 28.4 Å². The normalized spacial score (nSPS) is 10.9. The molecule has 0 saturated carbocycles. The van der Waals surface area contributed by atoms with Crippen LogP contribution in [0.4, 0.5) is 5.69 Å². The van der Waals surface area contributed by atoms with Gasteiger partial charge < -0.3 is 15.2 Å². The summed E-state index contributed by atoms with van der Waals surface area (Å²) in [6.07, 6.45) is 0. The summed E-state index contributed by atoms with van der Waals surface area (Å²) in [5.41, 5.74) is 4.00. The summed E-state index contributed by atoms with van der Waals surface area (Å²) in [7, 11) is 0. The monoisotopic (exact) mass is 614 g/mol. The molecule has 0 atom stereocenters. The van der Waals surface area contributed by atoms with Crippen molar-refractivity contribution in [2.24, 2.45) is 0 Å². The number of carbonyl (C=O) groups excluding carboxylic acids is 2. The van der Waals surface area contributed by atoms with Crippen LogP contribution in [-0.4, -0.2) is 44.1 Å². The first-order valence-corrected chi connectivity index (χ1v) is 13.7. The number of carbonyl (C=O) groups is 2. The number of aromatic nitrogens is 3. The summed E-state index contributed by atoms with van der Waals surface area (Å²) < 4.78 is 7.63. The molecule has 2 N–H and O–H groups in total. The molecule has 11 heteroatoms. The highest BCUT2D eigenvalue weighted by Gasteiger charge is 2.21. The highest BCUT2D eigenvalue weighted by Crippen LogP contribution is 2.35. The van der Waals surface area contributed by atoms with Crippen LogP contribution >= 0.6 is 39.3 Å². The number of halogens is 2. The van der Waals surface area contributed by atoms with E-state index in [9.17, 15) is 14.7 Å². The average Bonchev–Trinajstić information content (AvgIpc) is 3.29. The van der Waals surface area contributed by atoms with Crippen molar-refractivity contribution in [3.63, 3.8) is 0 Å². The SMILES string of the molecule is CCOC(=O)c1cc(NC(=O)CSc2nnc(-c3cc(Br)ccc3O)n2-c2ccc(C)cc2C)ccc1Cl. The van der Waals surface area contributed by atoms with Crippen molar-refractivity contribution >= 4 is 56.9 Å². The quantitative estimate of drug-likeness (QED) is 0.170. The van der Waals surface area contributed by atoms with E-state index in [4.69, 9.17) is 16.3 Å². The van der Waals surface area contributed by atoms with E-state index in [2.05, 4.69) is 31.4 Å². The van der Waals surface area contributed by atoms with E-state index in [1.165, 1.54) is 23.9 Å². The van der Waals surface area contributed by atoms with Gasteiger partial charge in [0.2, 0.25) is 5.91 Å². The molecule has 0 fully saturated rings. The summed E-state index contributed by atoms with van der Waals surface area (Å²) in [5.74, 6) is -0.358. The Morgan fingerprint density at radius 1 is 1.11 bits per heavy atom. The maximum atomic E-state index is 12.8. The number of nitrogens with one attached hydrogen (secondary N) is 1. The molecule has 0 spiro atoms. The van der Waals surface area contributed by atoms with Gasteiger partial charge in [0.05, 0.1) is 34.2 Å². The summed E-state index contributed by atoms with van der Waals surface area (Å²) >= 11 is 10.8. The van der Waals surface area contributed by atoms with Gasteiger partial charge in [0, 0.05) is 10.2 Å². The zero-order chi connectivity index (χ0) is 27.4. The molecule has 0 aliphatic heterocycles. The van der Waals surface area contributed by atoms with Crippen LogP contribution in [0.2, 0.25) is 5.02 Å². The number of aryl methyl sites for hydroxylation is 2. The summed E-state index contributed by atoms with van der Waals surface area (Å²) in [6, 6.07) is 15.7. The Balaban J connectivity index is 1.62.